The van der Waals surface area contributed by atoms with Crippen LogP contribution in [0.1, 0.15) is 85.5 Å². The maximum absolute atomic E-state index is 14.0. The molecule has 0 radical (unpaired) electrons. The van der Waals surface area contributed by atoms with Crippen LogP contribution in [-0.2, 0) is 19.3 Å². The first kappa shape index (κ1) is 27.8. The van der Waals surface area contributed by atoms with Gasteiger partial charge in [0.1, 0.15) is 5.82 Å². The number of benzene rings is 1. The lowest BCUT2D eigenvalue weighted by Crippen LogP contribution is -2.26. The number of pyridine rings is 2. The van der Waals surface area contributed by atoms with Crippen molar-refractivity contribution in [3.05, 3.63) is 105 Å². The number of hydrogen-bond donors (Lipinski definition) is 1. The average Bonchev–Trinajstić information content (AvgIpc) is 3.88. The highest BCUT2D eigenvalue weighted by Gasteiger charge is 2.45. The van der Waals surface area contributed by atoms with Crippen LogP contribution in [0.2, 0.25) is 0 Å². The van der Waals surface area contributed by atoms with Crippen LogP contribution in [0.3, 0.4) is 0 Å². The van der Waals surface area contributed by atoms with Crippen LogP contribution in [0.15, 0.2) is 59.1 Å². The van der Waals surface area contributed by atoms with Crippen molar-refractivity contribution < 1.29 is 18.4 Å². The van der Waals surface area contributed by atoms with Crippen LogP contribution in [0.4, 0.5) is 4.39 Å². The van der Waals surface area contributed by atoms with Gasteiger partial charge in [0.15, 0.2) is 0 Å². The minimum atomic E-state index is -0.287. The van der Waals surface area contributed by atoms with E-state index in [4.69, 9.17) is 9.40 Å². The van der Waals surface area contributed by atoms with Crippen molar-refractivity contribution in [2.75, 3.05) is 6.54 Å². The van der Waals surface area contributed by atoms with Gasteiger partial charge in [0.25, 0.3) is 11.8 Å². The molecule has 2 aliphatic heterocycles. The second kappa shape index (κ2) is 11.0. The Morgan fingerprint density at radius 3 is 2.76 bits per heavy atom. The number of carbonyl (C=O) groups excluding carboxylic acids is 2. The van der Waals surface area contributed by atoms with Gasteiger partial charge >= 0.3 is 0 Å². The fourth-order valence-corrected chi connectivity index (χ4v) is 7.87. The molecule has 226 valence electrons. The number of aryl methyl sites for hydroxylation is 4. The summed E-state index contributed by atoms with van der Waals surface area (Å²) in [5.74, 6) is 0.154. The third-order valence-corrected chi connectivity index (χ3v) is 10.1. The van der Waals surface area contributed by atoms with Crippen molar-refractivity contribution in [1.82, 2.24) is 30.4 Å². The van der Waals surface area contributed by atoms with E-state index in [0.29, 0.717) is 46.8 Å². The number of carbonyl (C=O) groups is 2. The molecule has 0 saturated carbocycles. The number of halogens is 1. The smallest absolute Gasteiger partial charge is 0.261 e. The molecule has 9 nitrogen and oxygen atoms in total. The molecule has 1 aromatic carbocycles. The van der Waals surface area contributed by atoms with Gasteiger partial charge in [0.05, 0.1) is 39.5 Å². The molecule has 2 amide bonds. The highest BCUT2D eigenvalue weighted by molar-refractivity contribution is 7.17. The summed E-state index contributed by atoms with van der Waals surface area (Å²) in [4.78, 5) is 40.3. The average molecular weight is 621 g/mol. The van der Waals surface area contributed by atoms with E-state index in [9.17, 15) is 14.0 Å². The lowest BCUT2D eigenvalue weighted by atomic mass is 9.93. The molecule has 5 aromatic rings. The zero-order valence-corrected chi connectivity index (χ0v) is 25.4. The zero-order valence-electron chi connectivity index (χ0n) is 24.5. The molecule has 2 atom stereocenters. The third-order valence-electron chi connectivity index (χ3n) is 9.00. The van der Waals surface area contributed by atoms with Gasteiger partial charge in [-0.05, 0) is 80.0 Å². The van der Waals surface area contributed by atoms with E-state index in [-0.39, 0.29) is 35.6 Å². The molecule has 45 heavy (non-hydrogen) atoms. The van der Waals surface area contributed by atoms with Gasteiger partial charge in [-0.15, -0.1) is 21.5 Å². The molecule has 0 spiro atoms. The Kier molecular flexibility index (Phi) is 6.78. The molecular weight excluding hydrogens is 591 g/mol. The van der Waals surface area contributed by atoms with E-state index in [2.05, 4.69) is 20.5 Å². The van der Waals surface area contributed by atoms with E-state index < -0.39 is 0 Å². The quantitative estimate of drug-likeness (QED) is 0.231. The first-order valence-electron chi connectivity index (χ1n) is 15.2. The minimum Gasteiger partial charge on any atom is -0.421 e. The number of aromatic nitrogens is 4. The lowest BCUT2D eigenvalue weighted by Gasteiger charge is -2.16. The third kappa shape index (κ3) is 4.82. The fourth-order valence-electron chi connectivity index (χ4n) is 6.91. The second-order valence-electron chi connectivity index (χ2n) is 11.7. The van der Waals surface area contributed by atoms with Crippen LogP contribution in [0.5, 0.6) is 0 Å². The van der Waals surface area contributed by atoms with Gasteiger partial charge in [-0.25, -0.2) is 4.39 Å². The Morgan fingerprint density at radius 2 is 1.93 bits per heavy atom. The Labute approximate surface area is 262 Å². The number of rotatable bonds is 7. The first-order chi connectivity index (χ1) is 21.9. The molecule has 0 bridgehead atoms. The Balaban J connectivity index is 1.23. The predicted octanol–water partition coefficient (Wildman–Crippen LogP) is 6.20. The maximum Gasteiger partial charge on any atom is 0.261 e. The molecule has 11 heteroatoms. The van der Waals surface area contributed by atoms with Gasteiger partial charge in [0, 0.05) is 35.8 Å². The summed E-state index contributed by atoms with van der Waals surface area (Å²) in [5.41, 5.74) is 6.36. The summed E-state index contributed by atoms with van der Waals surface area (Å²) in [6, 6.07) is 13.9. The summed E-state index contributed by atoms with van der Waals surface area (Å²) in [6.07, 6.45) is 6.29. The minimum absolute atomic E-state index is 0.0629. The first-order valence-corrected chi connectivity index (χ1v) is 16.0. The molecule has 1 saturated heterocycles. The molecule has 6 heterocycles. The largest absolute Gasteiger partial charge is 0.421 e. The van der Waals surface area contributed by atoms with Gasteiger partial charge in [-0.1, -0.05) is 18.2 Å². The zero-order chi connectivity index (χ0) is 30.7. The number of amides is 2. The van der Waals surface area contributed by atoms with Crippen LogP contribution in [0, 0.1) is 12.7 Å². The van der Waals surface area contributed by atoms with Crippen LogP contribution < -0.4 is 5.32 Å². The number of thiophene rings is 1. The number of nitrogens with one attached hydrogen (secondary N) is 1. The van der Waals surface area contributed by atoms with Crippen molar-refractivity contribution in [1.29, 1.82) is 0 Å². The summed E-state index contributed by atoms with van der Waals surface area (Å²) in [5, 5.41) is 11.7. The van der Waals surface area contributed by atoms with E-state index in [0.717, 1.165) is 58.8 Å². The van der Waals surface area contributed by atoms with E-state index in [1.165, 1.54) is 23.5 Å². The van der Waals surface area contributed by atoms with E-state index in [1.54, 1.807) is 25.3 Å². The van der Waals surface area contributed by atoms with Crippen molar-refractivity contribution in [2.24, 2.45) is 0 Å². The predicted molar refractivity (Wildman–Crippen MR) is 165 cm³/mol. The molecule has 1 fully saturated rings. The fraction of sp³-hybridized carbons (Fsp3) is 0.294. The van der Waals surface area contributed by atoms with Gasteiger partial charge < -0.3 is 14.6 Å². The number of fused-ring (bicyclic) bond motifs is 4. The highest BCUT2D eigenvalue weighted by Crippen LogP contribution is 2.49. The van der Waals surface area contributed by atoms with Crippen LogP contribution in [0.25, 0.3) is 21.9 Å². The Hall–Kier alpha value is -4.77. The molecule has 8 rings (SSSR count). The molecule has 2 unspecified atom stereocenters. The summed E-state index contributed by atoms with van der Waals surface area (Å²) in [6.45, 7) is 2.40. The normalized spacial score (nSPS) is 18.3. The molecule has 4 aromatic heterocycles. The Morgan fingerprint density at radius 1 is 1.07 bits per heavy atom. The van der Waals surface area contributed by atoms with Gasteiger partial charge in [0.2, 0.25) is 11.8 Å². The summed E-state index contributed by atoms with van der Waals surface area (Å²) in [7, 11) is 0. The second-order valence-corrected chi connectivity index (χ2v) is 12.8. The van der Waals surface area contributed by atoms with E-state index >= 15 is 0 Å². The van der Waals surface area contributed by atoms with Crippen molar-refractivity contribution in [3.63, 3.8) is 0 Å². The lowest BCUT2D eigenvalue weighted by molar-refractivity contribution is 0.0776. The highest BCUT2D eigenvalue weighted by atomic mass is 32.1. The monoisotopic (exact) mass is 620 g/mol. The topological polar surface area (TPSA) is 114 Å². The van der Waals surface area contributed by atoms with Gasteiger partial charge in [-0.2, -0.15) is 0 Å². The van der Waals surface area contributed by atoms with Crippen LogP contribution in [-0.4, -0.2) is 43.4 Å². The Bertz CT molecular complexity index is 1970. The molecule has 3 aliphatic rings. The molecular formula is C34H29FN6O3S. The van der Waals surface area contributed by atoms with Crippen LogP contribution >= 0.6 is 11.3 Å². The number of nitrogens with zero attached hydrogens (tertiary/aromatic N) is 5. The maximum atomic E-state index is 14.0. The van der Waals surface area contributed by atoms with Crippen molar-refractivity contribution >= 4 is 23.2 Å². The summed E-state index contributed by atoms with van der Waals surface area (Å²) >= 11 is 1.34. The molecule has 1 N–H and O–H groups in total. The standard InChI is InChI=1S/C34H29FN6O3S/c1-18-39-40-33(44-18)28-24(11-8-19-6-9-20(35)10-7-19)37-31-25-5-3-17-41(25)34(43)30(31)29(28)26-14-15-27(45-26)32(42)38-23-13-12-22-21(23)4-2-16-36-22/h2,4,6-7,9-10,14-16,23,25H,3,5,8,11-13,17H2,1H3,(H,38,42). The summed E-state index contributed by atoms with van der Waals surface area (Å²) < 4.78 is 19.6. The van der Waals surface area contributed by atoms with Crippen molar-refractivity contribution in [3.8, 4) is 21.9 Å². The van der Waals surface area contributed by atoms with E-state index in [1.807, 2.05) is 29.2 Å². The number of hydrogen-bond acceptors (Lipinski definition) is 8. The SMILES string of the molecule is Cc1nnc(-c2c(CCc3ccc(F)cc3)nc3c(c2-c2ccc(C(=O)NC4CCc5ncccc54)s2)C(=O)N2CCCC32)o1. The van der Waals surface area contributed by atoms with Gasteiger partial charge in [-0.3, -0.25) is 19.6 Å². The molecule has 1 aliphatic carbocycles. The van der Waals surface area contributed by atoms with Crippen molar-refractivity contribution in [2.45, 2.75) is 57.5 Å².